The lowest BCUT2D eigenvalue weighted by Crippen LogP contribution is -2.39. The highest BCUT2D eigenvalue weighted by Gasteiger charge is 2.26. The molecule has 37 heavy (non-hydrogen) atoms. The molecule has 5 rings (SSSR count). The molecular formula is C32H31FN2O2. The molecule has 0 radical (unpaired) electrons. The van der Waals surface area contributed by atoms with E-state index in [0.717, 1.165) is 47.9 Å². The molecule has 0 atom stereocenters. The lowest BCUT2D eigenvalue weighted by molar-refractivity contribution is 0.0932. The number of hydrogen-bond acceptors (Lipinski definition) is 2. The van der Waals surface area contributed by atoms with E-state index >= 15 is 0 Å². The monoisotopic (exact) mass is 494 g/mol. The van der Waals surface area contributed by atoms with Gasteiger partial charge in [0.05, 0.1) is 6.54 Å². The number of amides is 1. The van der Waals surface area contributed by atoms with Gasteiger partial charge in [0.25, 0.3) is 11.5 Å². The van der Waals surface area contributed by atoms with Crippen LogP contribution in [0, 0.1) is 5.82 Å². The number of benzene rings is 3. The van der Waals surface area contributed by atoms with Crippen LogP contribution in [0.1, 0.15) is 54.4 Å². The van der Waals surface area contributed by atoms with Crippen LogP contribution >= 0.6 is 0 Å². The zero-order chi connectivity index (χ0) is 25.6. The van der Waals surface area contributed by atoms with Gasteiger partial charge in [-0.05, 0) is 41.7 Å². The molecule has 1 amide bonds. The molecular weight excluding hydrogens is 463 g/mol. The Hall–Kier alpha value is -3.99. The fourth-order valence-electron chi connectivity index (χ4n) is 5.20. The standard InChI is InChI=1S/C32H31FN2O2/c33-26-19-17-23(18-20-26)21-35-22-28(24-11-5-3-6-12-24)29(25-13-7-4-8-14-25)30(32(35)37)31(36)34-27-15-9-1-2-10-16-27/h3-8,11-14,17-20,22,27H,1-2,9-10,15-16,21H2,(H,34,36). The van der Waals surface area contributed by atoms with Crippen LogP contribution in [0.25, 0.3) is 22.3 Å². The molecule has 3 aromatic carbocycles. The first-order valence-electron chi connectivity index (χ1n) is 13.0. The lowest BCUT2D eigenvalue weighted by Gasteiger charge is -2.21. The van der Waals surface area contributed by atoms with Crippen LogP contribution in [-0.4, -0.2) is 16.5 Å². The summed E-state index contributed by atoms with van der Waals surface area (Å²) in [5.74, 6) is -0.662. The summed E-state index contributed by atoms with van der Waals surface area (Å²) < 4.78 is 15.1. The van der Waals surface area contributed by atoms with Gasteiger partial charge in [0.1, 0.15) is 11.4 Å². The second-order valence-corrected chi connectivity index (χ2v) is 9.75. The van der Waals surface area contributed by atoms with Gasteiger partial charge in [0.2, 0.25) is 0 Å². The van der Waals surface area contributed by atoms with E-state index in [4.69, 9.17) is 0 Å². The van der Waals surface area contributed by atoms with Crippen molar-refractivity contribution < 1.29 is 9.18 Å². The fraction of sp³-hybridized carbons (Fsp3) is 0.250. The van der Waals surface area contributed by atoms with Crippen molar-refractivity contribution in [1.82, 2.24) is 9.88 Å². The predicted molar refractivity (Wildman–Crippen MR) is 146 cm³/mol. The minimum Gasteiger partial charge on any atom is -0.349 e. The minimum absolute atomic E-state index is 0.0592. The number of carbonyl (C=O) groups excluding carboxylic acids is 1. The lowest BCUT2D eigenvalue weighted by atomic mass is 9.91. The van der Waals surface area contributed by atoms with Crippen molar-refractivity contribution in [1.29, 1.82) is 0 Å². The van der Waals surface area contributed by atoms with E-state index in [-0.39, 0.29) is 35.4 Å². The third kappa shape index (κ3) is 5.72. The maximum Gasteiger partial charge on any atom is 0.264 e. The normalized spacial score (nSPS) is 14.2. The molecule has 0 spiro atoms. The van der Waals surface area contributed by atoms with E-state index in [1.165, 1.54) is 25.0 Å². The van der Waals surface area contributed by atoms with Crippen molar-refractivity contribution in [3.63, 3.8) is 0 Å². The van der Waals surface area contributed by atoms with Crippen LogP contribution in [0.2, 0.25) is 0 Å². The number of pyridine rings is 1. The summed E-state index contributed by atoms with van der Waals surface area (Å²) in [6.45, 7) is 0.234. The van der Waals surface area contributed by atoms with Crippen molar-refractivity contribution in [3.05, 3.63) is 118 Å². The number of halogens is 1. The first-order valence-corrected chi connectivity index (χ1v) is 13.0. The molecule has 1 aliphatic rings. The van der Waals surface area contributed by atoms with Crippen molar-refractivity contribution in [3.8, 4) is 22.3 Å². The Labute approximate surface area is 216 Å². The summed E-state index contributed by atoms with van der Waals surface area (Å²) in [5.41, 5.74) is 3.76. The number of nitrogens with zero attached hydrogens (tertiary/aromatic N) is 1. The number of carbonyl (C=O) groups is 1. The average Bonchev–Trinajstić information content (AvgIpc) is 3.20. The van der Waals surface area contributed by atoms with Crippen LogP contribution in [0.15, 0.2) is 95.9 Å². The van der Waals surface area contributed by atoms with Gasteiger partial charge >= 0.3 is 0 Å². The van der Waals surface area contributed by atoms with Crippen LogP contribution in [0.4, 0.5) is 4.39 Å². The summed E-state index contributed by atoms with van der Waals surface area (Å²) in [5, 5.41) is 3.20. The quantitative estimate of drug-likeness (QED) is 0.299. The summed E-state index contributed by atoms with van der Waals surface area (Å²) >= 11 is 0. The molecule has 4 aromatic rings. The maximum atomic E-state index is 14.0. The molecule has 0 unspecified atom stereocenters. The highest BCUT2D eigenvalue weighted by Crippen LogP contribution is 2.34. The Bertz CT molecular complexity index is 1410. The van der Waals surface area contributed by atoms with Crippen LogP contribution < -0.4 is 10.9 Å². The summed E-state index contributed by atoms with van der Waals surface area (Å²) in [7, 11) is 0. The van der Waals surface area contributed by atoms with Crippen molar-refractivity contribution in [2.75, 3.05) is 0 Å². The molecule has 5 heteroatoms. The molecule has 0 aliphatic heterocycles. The summed E-state index contributed by atoms with van der Waals surface area (Å²) in [6, 6.07) is 25.6. The smallest absolute Gasteiger partial charge is 0.264 e. The van der Waals surface area contributed by atoms with Crippen LogP contribution in [0.5, 0.6) is 0 Å². The maximum absolute atomic E-state index is 14.0. The van der Waals surface area contributed by atoms with Gasteiger partial charge in [0.15, 0.2) is 0 Å². The van der Waals surface area contributed by atoms with E-state index in [0.29, 0.717) is 5.56 Å². The Kier molecular flexibility index (Phi) is 7.59. The second kappa shape index (κ2) is 11.4. The van der Waals surface area contributed by atoms with Crippen LogP contribution in [0.3, 0.4) is 0 Å². The fourth-order valence-corrected chi connectivity index (χ4v) is 5.20. The molecule has 188 valence electrons. The van der Waals surface area contributed by atoms with E-state index < -0.39 is 0 Å². The second-order valence-electron chi connectivity index (χ2n) is 9.75. The first kappa shape index (κ1) is 24.7. The Morgan fingerprint density at radius 3 is 2.03 bits per heavy atom. The molecule has 0 bridgehead atoms. The first-order chi connectivity index (χ1) is 18.1. The van der Waals surface area contributed by atoms with Gasteiger partial charge in [0, 0.05) is 23.4 Å². The third-order valence-electron chi connectivity index (χ3n) is 7.11. The Balaban J connectivity index is 1.69. The van der Waals surface area contributed by atoms with Crippen LogP contribution in [-0.2, 0) is 6.54 Å². The third-order valence-corrected chi connectivity index (χ3v) is 7.11. The summed E-state index contributed by atoms with van der Waals surface area (Å²) in [6.07, 6.45) is 8.19. The highest BCUT2D eigenvalue weighted by molar-refractivity contribution is 6.04. The molecule has 1 aromatic heterocycles. The van der Waals surface area contributed by atoms with Gasteiger partial charge in [-0.3, -0.25) is 9.59 Å². The molecule has 1 aliphatic carbocycles. The van der Waals surface area contributed by atoms with E-state index in [1.807, 2.05) is 66.9 Å². The number of nitrogens with one attached hydrogen (secondary N) is 1. The molecule has 1 fully saturated rings. The topological polar surface area (TPSA) is 51.1 Å². The van der Waals surface area contributed by atoms with Gasteiger partial charge in [-0.2, -0.15) is 0 Å². The van der Waals surface area contributed by atoms with E-state index in [1.54, 1.807) is 16.7 Å². The number of aromatic nitrogens is 1. The predicted octanol–water partition coefficient (Wildman–Crippen LogP) is 6.82. The molecule has 1 N–H and O–H groups in total. The number of rotatable bonds is 6. The van der Waals surface area contributed by atoms with Gasteiger partial charge < -0.3 is 9.88 Å². The SMILES string of the molecule is O=C(NC1CCCCCC1)c1c(-c2ccccc2)c(-c2ccccc2)cn(Cc2ccc(F)cc2)c1=O. The zero-order valence-corrected chi connectivity index (χ0v) is 20.8. The van der Waals surface area contributed by atoms with E-state index in [9.17, 15) is 14.0 Å². The van der Waals surface area contributed by atoms with Gasteiger partial charge in [-0.25, -0.2) is 4.39 Å². The summed E-state index contributed by atoms with van der Waals surface area (Å²) in [4.78, 5) is 27.9. The molecule has 1 saturated carbocycles. The average molecular weight is 495 g/mol. The molecule has 4 nitrogen and oxygen atoms in total. The van der Waals surface area contributed by atoms with Crippen molar-refractivity contribution in [2.45, 2.75) is 51.1 Å². The minimum atomic E-state index is -0.353. The zero-order valence-electron chi connectivity index (χ0n) is 20.8. The molecule has 1 heterocycles. The Morgan fingerprint density at radius 1 is 0.811 bits per heavy atom. The largest absolute Gasteiger partial charge is 0.349 e. The molecule has 0 saturated heterocycles. The highest BCUT2D eigenvalue weighted by atomic mass is 19.1. The van der Waals surface area contributed by atoms with Crippen molar-refractivity contribution in [2.24, 2.45) is 0 Å². The van der Waals surface area contributed by atoms with Gasteiger partial charge in [-0.15, -0.1) is 0 Å². The van der Waals surface area contributed by atoms with E-state index in [2.05, 4.69) is 5.32 Å². The number of hydrogen-bond donors (Lipinski definition) is 1. The van der Waals surface area contributed by atoms with Crippen molar-refractivity contribution >= 4 is 5.91 Å². The van der Waals surface area contributed by atoms with Gasteiger partial charge in [-0.1, -0.05) is 98.5 Å². The Morgan fingerprint density at radius 2 is 1.41 bits per heavy atom.